The lowest BCUT2D eigenvalue weighted by Gasteiger charge is -2.06. The van der Waals surface area contributed by atoms with Crippen LogP contribution in [0.15, 0.2) is 48.5 Å². The minimum Gasteiger partial charge on any atom is -0.465 e. The quantitative estimate of drug-likeness (QED) is 0.503. The van der Waals surface area contributed by atoms with E-state index in [9.17, 15) is 14.2 Å². The number of hydrogen-bond donors (Lipinski definition) is 2. The topological polar surface area (TPSA) is 101 Å². The standard InChI is InChI=1S/C15H13O6P/c1-21-15(17)12-4-2-10(3-5-12)14(16)11-6-8-13(9-7-11)22(18,19)20/h2-9H,1H3,(H2,18,19,20). The maximum Gasteiger partial charge on any atom is 0.356 e. The molecule has 2 aromatic carbocycles. The van der Waals surface area contributed by atoms with Gasteiger partial charge in [-0.25, -0.2) is 4.79 Å². The largest absolute Gasteiger partial charge is 0.465 e. The molecule has 0 amide bonds. The van der Waals surface area contributed by atoms with Gasteiger partial charge in [0.25, 0.3) is 0 Å². The Bertz CT molecular complexity index is 743. The zero-order valence-electron chi connectivity index (χ0n) is 11.6. The van der Waals surface area contributed by atoms with Crippen molar-refractivity contribution >= 4 is 24.7 Å². The molecule has 0 atom stereocenters. The van der Waals surface area contributed by atoms with Gasteiger partial charge in [0.2, 0.25) is 0 Å². The van der Waals surface area contributed by atoms with Crippen LogP contribution in [0.25, 0.3) is 0 Å². The molecule has 2 aromatic rings. The minimum absolute atomic E-state index is 0.148. The zero-order valence-corrected chi connectivity index (χ0v) is 12.5. The molecule has 0 aromatic heterocycles. The van der Waals surface area contributed by atoms with Crippen molar-refractivity contribution in [3.05, 3.63) is 65.2 Å². The molecule has 6 nitrogen and oxygen atoms in total. The van der Waals surface area contributed by atoms with Crippen LogP contribution in [0.4, 0.5) is 0 Å². The van der Waals surface area contributed by atoms with Crippen LogP contribution in [-0.2, 0) is 9.30 Å². The molecule has 0 aliphatic rings. The van der Waals surface area contributed by atoms with Crippen LogP contribution in [0.5, 0.6) is 0 Å². The molecular formula is C15H13O6P. The summed E-state index contributed by atoms with van der Waals surface area (Å²) in [6.07, 6.45) is 0. The number of methoxy groups -OCH3 is 1. The number of rotatable bonds is 4. The molecule has 7 heteroatoms. The molecule has 0 saturated carbocycles. The van der Waals surface area contributed by atoms with Gasteiger partial charge in [-0.3, -0.25) is 9.36 Å². The van der Waals surface area contributed by atoms with Gasteiger partial charge < -0.3 is 14.5 Å². The van der Waals surface area contributed by atoms with Crippen molar-refractivity contribution in [2.45, 2.75) is 0 Å². The molecule has 0 fully saturated rings. The third kappa shape index (κ3) is 3.49. The van der Waals surface area contributed by atoms with E-state index in [1.807, 2.05) is 0 Å². The fourth-order valence-corrected chi connectivity index (χ4v) is 2.39. The maximum atomic E-state index is 12.2. The summed E-state index contributed by atoms with van der Waals surface area (Å²) in [7, 11) is -3.06. The van der Waals surface area contributed by atoms with Gasteiger partial charge in [-0.1, -0.05) is 24.3 Å². The van der Waals surface area contributed by atoms with Gasteiger partial charge in [0.05, 0.1) is 18.0 Å². The van der Waals surface area contributed by atoms with Crippen molar-refractivity contribution in [3.8, 4) is 0 Å². The summed E-state index contributed by atoms with van der Waals surface area (Å²) < 4.78 is 15.6. The van der Waals surface area contributed by atoms with E-state index >= 15 is 0 Å². The summed E-state index contributed by atoms with van der Waals surface area (Å²) in [5.74, 6) is -0.807. The molecular weight excluding hydrogens is 307 g/mol. The SMILES string of the molecule is COC(=O)c1ccc(C(=O)c2ccc(P(=O)(O)O)cc2)cc1. The van der Waals surface area contributed by atoms with Gasteiger partial charge in [0, 0.05) is 11.1 Å². The van der Waals surface area contributed by atoms with Crippen LogP contribution in [0.1, 0.15) is 26.3 Å². The lowest BCUT2D eigenvalue weighted by Crippen LogP contribution is -2.07. The number of carbonyl (C=O) groups excluding carboxylic acids is 2. The molecule has 114 valence electrons. The zero-order chi connectivity index (χ0) is 16.3. The summed E-state index contributed by atoms with van der Waals surface area (Å²) in [4.78, 5) is 41.6. The Morgan fingerprint density at radius 3 is 1.68 bits per heavy atom. The van der Waals surface area contributed by atoms with Gasteiger partial charge >= 0.3 is 13.6 Å². The van der Waals surface area contributed by atoms with Crippen molar-refractivity contribution in [1.82, 2.24) is 0 Å². The number of hydrogen-bond acceptors (Lipinski definition) is 4. The van der Waals surface area contributed by atoms with Gasteiger partial charge in [0.15, 0.2) is 5.78 Å². The maximum absolute atomic E-state index is 12.2. The Balaban J connectivity index is 2.24. The Morgan fingerprint density at radius 2 is 1.27 bits per heavy atom. The highest BCUT2D eigenvalue weighted by molar-refractivity contribution is 7.60. The smallest absolute Gasteiger partial charge is 0.356 e. The number of ketones is 1. The van der Waals surface area contributed by atoms with Crippen molar-refractivity contribution in [1.29, 1.82) is 0 Å². The molecule has 0 spiro atoms. The predicted molar refractivity (Wildman–Crippen MR) is 79.3 cm³/mol. The third-order valence-electron chi connectivity index (χ3n) is 3.03. The van der Waals surface area contributed by atoms with E-state index in [1.165, 1.54) is 55.6 Å². The average molecular weight is 320 g/mol. The summed E-state index contributed by atoms with van der Waals surface area (Å²) in [5.41, 5.74) is 0.982. The fraction of sp³-hybridized carbons (Fsp3) is 0.0667. The van der Waals surface area contributed by atoms with Gasteiger partial charge in [-0.05, 0) is 24.3 Å². The van der Waals surface area contributed by atoms with E-state index in [1.54, 1.807) is 0 Å². The van der Waals surface area contributed by atoms with Crippen LogP contribution in [0.3, 0.4) is 0 Å². The second-order valence-corrected chi connectivity index (χ2v) is 6.09. The van der Waals surface area contributed by atoms with E-state index in [2.05, 4.69) is 4.74 Å². The lowest BCUT2D eigenvalue weighted by atomic mass is 10.0. The van der Waals surface area contributed by atoms with Crippen molar-refractivity contribution in [2.75, 3.05) is 7.11 Å². The Morgan fingerprint density at radius 1 is 0.864 bits per heavy atom. The van der Waals surface area contributed by atoms with Gasteiger partial charge in [-0.15, -0.1) is 0 Å². The minimum atomic E-state index is -4.32. The first-order valence-electron chi connectivity index (χ1n) is 6.22. The van der Waals surface area contributed by atoms with Crippen molar-refractivity contribution in [2.24, 2.45) is 0 Å². The molecule has 0 heterocycles. The summed E-state index contributed by atoms with van der Waals surface area (Å²) >= 11 is 0. The fourth-order valence-electron chi connectivity index (χ4n) is 1.85. The number of benzene rings is 2. The number of esters is 1. The first-order valence-corrected chi connectivity index (χ1v) is 7.83. The molecule has 22 heavy (non-hydrogen) atoms. The average Bonchev–Trinajstić information content (AvgIpc) is 2.53. The summed E-state index contributed by atoms with van der Waals surface area (Å²) in [6.45, 7) is 0. The highest BCUT2D eigenvalue weighted by Gasteiger charge is 2.18. The summed E-state index contributed by atoms with van der Waals surface area (Å²) in [6, 6.07) is 11.1. The Hall–Kier alpha value is -2.27. The highest BCUT2D eigenvalue weighted by atomic mass is 31.2. The van der Waals surface area contributed by atoms with Crippen LogP contribution < -0.4 is 5.30 Å². The van der Waals surface area contributed by atoms with Crippen LogP contribution in [0.2, 0.25) is 0 Å². The summed E-state index contributed by atoms with van der Waals surface area (Å²) in [5, 5.41) is -0.148. The van der Waals surface area contributed by atoms with E-state index < -0.39 is 13.6 Å². The van der Waals surface area contributed by atoms with E-state index in [-0.39, 0.29) is 11.1 Å². The van der Waals surface area contributed by atoms with E-state index in [0.29, 0.717) is 16.7 Å². The second kappa shape index (κ2) is 6.23. The predicted octanol–water partition coefficient (Wildman–Crippen LogP) is 1.51. The molecule has 2 rings (SSSR count). The van der Waals surface area contributed by atoms with Crippen LogP contribution in [-0.4, -0.2) is 28.6 Å². The molecule has 0 aliphatic heterocycles. The molecule has 0 bridgehead atoms. The first-order chi connectivity index (χ1) is 10.3. The van der Waals surface area contributed by atoms with Crippen LogP contribution in [0, 0.1) is 0 Å². The number of ether oxygens (including phenoxy) is 1. The second-order valence-electron chi connectivity index (χ2n) is 4.49. The molecule has 0 aliphatic carbocycles. The normalized spacial score (nSPS) is 11.0. The van der Waals surface area contributed by atoms with Gasteiger partial charge in [-0.2, -0.15) is 0 Å². The van der Waals surface area contributed by atoms with E-state index in [0.717, 1.165) is 0 Å². The number of carbonyl (C=O) groups is 2. The lowest BCUT2D eigenvalue weighted by molar-refractivity contribution is 0.0600. The van der Waals surface area contributed by atoms with Gasteiger partial charge in [0.1, 0.15) is 0 Å². The monoisotopic (exact) mass is 320 g/mol. The molecule has 0 saturated heterocycles. The van der Waals surface area contributed by atoms with Crippen molar-refractivity contribution < 1.29 is 28.7 Å². The Labute approximate surface area is 126 Å². The van der Waals surface area contributed by atoms with E-state index in [4.69, 9.17) is 9.79 Å². The molecule has 0 radical (unpaired) electrons. The first kappa shape index (κ1) is 16.1. The van der Waals surface area contributed by atoms with Crippen LogP contribution >= 0.6 is 7.60 Å². The highest BCUT2D eigenvalue weighted by Crippen LogP contribution is 2.32. The third-order valence-corrected chi connectivity index (χ3v) is 4.00. The molecule has 0 unspecified atom stereocenters. The van der Waals surface area contributed by atoms with Crippen molar-refractivity contribution in [3.63, 3.8) is 0 Å². The Kier molecular flexibility index (Phi) is 4.56. The molecule has 2 N–H and O–H groups in total.